The van der Waals surface area contributed by atoms with Gasteiger partial charge in [-0.15, -0.1) is 0 Å². The van der Waals surface area contributed by atoms with E-state index in [4.69, 9.17) is 33.2 Å². The lowest BCUT2D eigenvalue weighted by Gasteiger charge is -2.68. The number of benzene rings is 2. The Morgan fingerprint density at radius 2 is 1.61 bits per heavy atom. The van der Waals surface area contributed by atoms with Crippen LogP contribution in [0.15, 0.2) is 84.5 Å². The molecule has 0 aromatic heterocycles. The summed E-state index contributed by atoms with van der Waals surface area (Å²) in [6, 6.07) is 15.5. The molecule has 2 saturated heterocycles. The molecule has 7 rings (SSSR count). The van der Waals surface area contributed by atoms with Crippen LogP contribution in [-0.2, 0) is 42.7 Å². The number of aliphatic hydroxyl groups is 2. The van der Waals surface area contributed by atoms with E-state index in [0.717, 1.165) is 0 Å². The predicted molar refractivity (Wildman–Crippen MR) is 220 cm³/mol. The number of nitrogens with one attached hydrogen (secondary N) is 1. The van der Waals surface area contributed by atoms with E-state index in [1.165, 1.54) is 19.9 Å². The Bertz CT molecular complexity index is 2080. The number of fused-ring (bicyclic) bond motifs is 8. The predicted octanol–water partition coefficient (Wildman–Crippen LogP) is 6.05. The second-order valence-corrected chi connectivity index (χ2v) is 19.2. The van der Waals surface area contributed by atoms with E-state index in [-0.39, 0.29) is 18.6 Å². The normalized spacial score (nSPS) is 35.2. The average molecular weight is 846 g/mol. The van der Waals surface area contributed by atoms with Crippen molar-refractivity contribution in [2.75, 3.05) is 6.61 Å². The van der Waals surface area contributed by atoms with E-state index in [2.05, 4.69) is 11.9 Å². The standard InChI is InChI=1S/C47H59NO13/c1-11-32-57-34-33-26(2)30(56-40(51)45(10,53)36(28-18-14-12-15-19-28)48-41(52)61-42(4,5)6)24-47(54,43(33,7)8)38(59-39(50)29-20-16-13-17-21-29)35-44(9,37(34)58-32)23-22-31-46(35,25-55-31)60-27(3)49/h11-21,30-32,34-38,53-54H,1,22-25H2,2-10H3,(H,48,52)/t30-,31+,32+,34+,35-,36-,37+,38-,44+,45+,46-,47+/m0/s1. The maximum absolute atomic E-state index is 14.6. The second-order valence-electron chi connectivity index (χ2n) is 19.2. The Labute approximate surface area is 356 Å². The monoisotopic (exact) mass is 845 g/mol. The molecule has 3 N–H and O–H groups in total. The van der Waals surface area contributed by atoms with Gasteiger partial charge in [-0.1, -0.05) is 75.9 Å². The van der Waals surface area contributed by atoms with Crippen LogP contribution < -0.4 is 5.32 Å². The highest BCUT2D eigenvalue weighted by Gasteiger charge is 2.77. The Balaban J connectivity index is 1.39. The number of carbonyl (C=O) groups is 4. The minimum Gasteiger partial charge on any atom is -0.456 e. The van der Waals surface area contributed by atoms with Crippen molar-refractivity contribution in [3.8, 4) is 0 Å². The van der Waals surface area contributed by atoms with Gasteiger partial charge in [0.15, 0.2) is 17.5 Å². The number of carbonyl (C=O) groups excluding carboxylic acids is 4. The zero-order valence-electron chi connectivity index (χ0n) is 36.4. The lowest BCUT2D eigenvalue weighted by atomic mass is 9.45. The third-order valence-electron chi connectivity index (χ3n) is 13.7. The molecule has 2 aliphatic heterocycles. The van der Waals surface area contributed by atoms with Gasteiger partial charge < -0.3 is 48.7 Å². The molecule has 2 aromatic carbocycles. The van der Waals surface area contributed by atoms with Gasteiger partial charge in [0.1, 0.15) is 35.6 Å². The van der Waals surface area contributed by atoms with Crippen LogP contribution in [0.4, 0.5) is 4.79 Å². The summed E-state index contributed by atoms with van der Waals surface area (Å²) in [7, 11) is 0. The molecule has 14 nitrogen and oxygen atoms in total. The van der Waals surface area contributed by atoms with Crippen LogP contribution in [-0.4, -0.2) is 100 Å². The number of rotatable bonds is 9. The highest BCUT2D eigenvalue weighted by Crippen LogP contribution is 2.66. The van der Waals surface area contributed by atoms with Crippen LogP contribution in [0.5, 0.6) is 0 Å². The summed E-state index contributed by atoms with van der Waals surface area (Å²) in [6.45, 7) is 18.9. The first-order valence-electron chi connectivity index (χ1n) is 20.9. The van der Waals surface area contributed by atoms with Crippen LogP contribution in [0.2, 0.25) is 0 Å². The summed E-state index contributed by atoms with van der Waals surface area (Å²) in [4.78, 5) is 55.3. The van der Waals surface area contributed by atoms with Crippen LogP contribution in [0, 0.1) is 16.7 Å². The quantitative estimate of drug-likeness (QED) is 0.151. The van der Waals surface area contributed by atoms with Crippen molar-refractivity contribution in [3.05, 3.63) is 95.6 Å². The number of amides is 1. The fraction of sp³-hybridized carbons (Fsp3) is 0.574. The Kier molecular flexibility index (Phi) is 11.4. The summed E-state index contributed by atoms with van der Waals surface area (Å²) in [5, 5.41) is 28.7. The average Bonchev–Trinajstić information content (AvgIpc) is 3.61. The van der Waals surface area contributed by atoms with Gasteiger partial charge in [-0.05, 0) is 82.4 Å². The first-order valence-corrected chi connectivity index (χ1v) is 20.9. The molecule has 2 saturated carbocycles. The lowest BCUT2D eigenvalue weighted by Crippen LogP contribution is -2.79. The van der Waals surface area contributed by atoms with Crippen LogP contribution in [0.1, 0.15) is 104 Å². The molecule has 4 fully saturated rings. The zero-order chi connectivity index (χ0) is 44.5. The number of ether oxygens (including phenoxy) is 7. The van der Waals surface area contributed by atoms with Gasteiger partial charge in [0, 0.05) is 24.2 Å². The number of alkyl carbamates (subject to hydrolysis) is 1. The third kappa shape index (κ3) is 7.47. The van der Waals surface area contributed by atoms with E-state index >= 15 is 0 Å². The van der Waals surface area contributed by atoms with Crippen molar-refractivity contribution in [2.45, 2.75) is 147 Å². The highest BCUT2D eigenvalue weighted by molar-refractivity contribution is 5.89. The fourth-order valence-corrected chi connectivity index (χ4v) is 10.7. The van der Waals surface area contributed by atoms with Gasteiger partial charge >= 0.3 is 24.0 Å². The molecule has 0 unspecified atom stereocenters. The van der Waals surface area contributed by atoms with Gasteiger partial charge in [-0.2, -0.15) is 0 Å². The maximum atomic E-state index is 14.6. The summed E-state index contributed by atoms with van der Waals surface area (Å²) in [6.07, 6.45) is -4.55. The molecular weight excluding hydrogens is 787 g/mol. The summed E-state index contributed by atoms with van der Waals surface area (Å²) in [5.41, 5.74) is -7.32. The number of hydrogen-bond acceptors (Lipinski definition) is 13. The van der Waals surface area contributed by atoms with E-state index < -0.39 is 106 Å². The first-order chi connectivity index (χ1) is 28.5. The number of esters is 3. The van der Waals surface area contributed by atoms with Crippen molar-refractivity contribution >= 4 is 24.0 Å². The molecule has 61 heavy (non-hydrogen) atoms. The molecular formula is C47H59NO13. The Morgan fingerprint density at radius 3 is 2.18 bits per heavy atom. The van der Waals surface area contributed by atoms with E-state index in [1.807, 2.05) is 20.8 Å². The molecule has 330 valence electrons. The Morgan fingerprint density at radius 1 is 0.967 bits per heavy atom. The first kappa shape index (κ1) is 44.5. The maximum Gasteiger partial charge on any atom is 0.408 e. The molecule has 2 bridgehead atoms. The van der Waals surface area contributed by atoms with Crippen molar-refractivity contribution in [2.24, 2.45) is 16.7 Å². The molecule has 12 atom stereocenters. The molecule has 2 aromatic rings. The topological polar surface area (TPSA) is 185 Å². The highest BCUT2D eigenvalue weighted by atomic mass is 16.7. The second kappa shape index (κ2) is 15.6. The number of hydrogen-bond donors (Lipinski definition) is 3. The lowest BCUT2D eigenvalue weighted by molar-refractivity contribution is -0.345. The van der Waals surface area contributed by atoms with Gasteiger partial charge in [-0.25, -0.2) is 14.4 Å². The summed E-state index contributed by atoms with van der Waals surface area (Å²) < 4.78 is 44.3. The summed E-state index contributed by atoms with van der Waals surface area (Å²) in [5.74, 6) is -3.38. The van der Waals surface area contributed by atoms with E-state index in [9.17, 15) is 29.4 Å². The Hall–Kier alpha value is -4.60. The van der Waals surface area contributed by atoms with E-state index in [0.29, 0.717) is 29.6 Å². The van der Waals surface area contributed by atoms with Gasteiger partial charge in [-0.3, -0.25) is 4.79 Å². The van der Waals surface area contributed by atoms with E-state index in [1.54, 1.807) is 88.4 Å². The zero-order valence-corrected chi connectivity index (χ0v) is 36.4. The van der Waals surface area contributed by atoms with Gasteiger partial charge in [0.05, 0.1) is 30.2 Å². The molecule has 1 amide bonds. The molecule has 3 aliphatic carbocycles. The van der Waals surface area contributed by atoms with Gasteiger partial charge in [0.2, 0.25) is 0 Å². The van der Waals surface area contributed by atoms with Gasteiger partial charge in [0.25, 0.3) is 0 Å². The van der Waals surface area contributed by atoms with Crippen LogP contribution >= 0.6 is 0 Å². The molecule has 14 heteroatoms. The molecule has 5 aliphatic rings. The van der Waals surface area contributed by atoms with Crippen LogP contribution in [0.25, 0.3) is 0 Å². The summed E-state index contributed by atoms with van der Waals surface area (Å²) >= 11 is 0. The molecule has 0 spiro atoms. The smallest absolute Gasteiger partial charge is 0.408 e. The van der Waals surface area contributed by atoms with Crippen molar-refractivity contribution < 1.29 is 62.5 Å². The van der Waals surface area contributed by atoms with Crippen molar-refractivity contribution in [1.29, 1.82) is 0 Å². The van der Waals surface area contributed by atoms with Crippen LogP contribution in [0.3, 0.4) is 0 Å². The molecule has 0 radical (unpaired) electrons. The van der Waals surface area contributed by atoms with Crippen molar-refractivity contribution in [1.82, 2.24) is 5.32 Å². The minimum absolute atomic E-state index is 0.0366. The molecule has 2 heterocycles. The fourth-order valence-electron chi connectivity index (χ4n) is 10.7. The minimum atomic E-state index is -2.40. The third-order valence-corrected chi connectivity index (χ3v) is 13.7. The van der Waals surface area contributed by atoms with Crippen molar-refractivity contribution in [3.63, 3.8) is 0 Å². The SMILES string of the molecule is C=C[C@@H]1O[C@@H]2C3=C(C)[C@@H](OC(=O)[C@](C)(O)[C@@H](NC(=O)OC(C)(C)C)c4ccccc4)C[C@@](O)([C@@H](OC(=O)c4ccccc4)[C@H]4[C@@](C)(CC[C@H]5OC[C@]54OC(C)=O)[C@@H]2O1)C3(C)C. The largest absolute Gasteiger partial charge is 0.456 e.